The van der Waals surface area contributed by atoms with E-state index in [0.717, 1.165) is 17.0 Å². The summed E-state index contributed by atoms with van der Waals surface area (Å²) in [6.45, 7) is 3.84. The molecule has 0 aliphatic rings. The van der Waals surface area contributed by atoms with Crippen molar-refractivity contribution in [2.75, 3.05) is 19.6 Å². The van der Waals surface area contributed by atoms with Gasteiger partial charge in [0.1, 0.15) is 5.75 Å². The molecular formula is C21H22N6O2S. The van der Waals surface area contributed by atoms with Crippen LogP contribution in [-0.4, -0.2) is 30.8 Å². The molecule has 8 nitrogen and oxygen atoms in total. The molecule has 0 aliphatic carbocycles. The Bertz CT molecular complexity index is 1070. The number of carbonyl (C=O) groups excluding carboxylic acids is 1. The molecule has 2 aromatic carbocycles. The topological polar surface area (TPSA) is 100 Å². The van der Waals surface area contributed by atoms with Crippen molar-refractivity contribution >= 4 is 39.3 Å². The average Bonchev–Trinajstić information content (AvgIpc) is 3.13. The van der Waals surface area contributed by atoms with Gasteiger partial charge in [-0.2, -0.15) is 5.10 Å². The first kappa shape index (κ1) is 21.1. The number of thiazole rings is 1. The van der Waals surface area contributed by atoms with Crippen LogP contribution in [0.4, 0.5) is 16.4 Å². The summed E-state index contributed by atoms with van der Waals surface area (Å²) in [7, 11) is 3.15. The number of anilines is 1. The van der Waals surface area contributed by atoms with Crippen LogP contribution < -0.4 is 15.5 Å². The molecule has 154 valence electrons. The molecule has 1 aromatic heterocycles. The highest BCUT2D eigenvalue weighted by Gasteiger charge is 2.19. The molecule has 3 rings (SSSR count). The lowest BCUT2D eigenvalue weighted by Crippen LogP contribution is -2.29. The number of nitrogens with one attached hydrogen (secondary N) is 2. The fourth-order valence-electron chi connectivity index (χ4n) is 2.40. The fraction of sp³-hybridized carbons (Fsp3) is 0.190. The van der Waals surface area contributed by atoms with Crippen LogP contribution >= 0.6 is 11.3 Å². The number of methoxy groups -OCH3 is 1. The molecule has 0 saturated carbocycles. The monoisotopic (exact) mass is 422 g/mol. The molecule has 0 atom stereocenters. The number of aromatic nitrogens is 1. The van der Waals surface area contributed by atoms with Gasteiger partial charge in [-0.05, 0) is 50.2 Å². The predicted octanol–water partition coefficient (Wildman–Crippen LogP) is 4.75. The number of nitrogens with zero attached hydrogens (tertiary/aromatic N) is 4. The second kappa shape index (κ2) is 9.75. The number of carbonyl (C=O) groups is 1. The summed E-state index contributed by atoms with van der Waals surface area (Å²) < 4.78 is 5.14. The van der Waals surface area contributed by atoms with Gasteiger partial charge >= 0.3 is 0 Å². The van der Waals surface area contributed by atoms with Crippen LogP contribution in [0.3, 0.4) is 0 Å². The van der Waals surface area contributed by atoms with Crippen LogP contribution in [0, 0.1) is 13.8 Å². The fourth-order valence-corrected chi connectivity index (χ4v) is 3.27. The third kappa shape index (κ3) is 5.26. The second-order valence-electron chi connectivity index (χ2n) is 6.32. The Hall–Kier alpha value is -3.59. The van der Waals surface area contributed by atoms with Crippen molar-refractivity contribution in [1.82, 2.24) is 10.3 Å². The lowest BCUT2D eigenvalue weighted by molar-refractivity contribution is -0.114. The first-order valence-electron chi connectivity index (χ1n) is 9.16. The van der Waals surface area contributed by atoms with Crippen LogP contribution in [-0.2, 0) is 4.79 Å². The minimum Gasteiger partial charge on any atom is -0.497 e. The Morgan fingerprint density at radius 3 is 2.37 bits per heavy atom. The number of ether oxygens (including phenoxy) is 1. The molecule has 0 fully saturated rings. The van der Waals surface area contributed by atoms with Gasteiger partial charge in [-0.3, -0.25) is 10.2 Å². The molecule has 2 N–H and O–H groups in total. The highest BCUT2D eigenvalue weighted by atomic mass is 32.1. The summed E-state index contributed by atoms with van der Waals surface area (Å²) in [5.74, 6) is 0.377. The van der Waals surface area contributed by atoms with Crippen molar-refractivity contribution in [3.8, 4) is 5.75 Å². The number of rotatable bonds is 7. The Labute approximate surface area is 178 Å². The van der Waals surface area contributed by atoms with Crippen LogP contribution in [0.25, 0.3) is 0 Å². The van der Waals surface area contributed by atoms with Crippen LogP contribution in [0.2, 0.25) is 0 Å². The summed E-state index contributed by atoms with van der Waals surface area (Å²) in [4.78, 5) is 16.8. The van der Waals surface area contributed by atoms with Gasteiger partial charge in [0.15, 0.2) is 15.7 Å². The van der Waals surface area contributed by atoms with E-state index in [1.54, 1.807) is 38.4 Å². The lowest BCUT2D eigenvalue weighted by atomic mass is 10.2. The van der Waals surface area contributed by atoms with Crippen molar-refractivity contribution in [2.24, 2.45) is 15.3 Å². The van der Waals surface area contributed by atoms with Crippen molar-refractivity contribution in [1.29, 1.82) is 0 Å². The molecule has 3 aromatic rings. The predicted molar refractivity (Wildman–Crippen MR) is 119 cm³/mol. The first-order valence-corrected chi connectivity index (χ1v) is 9.98. The molecule has 0 saturated heterocycles. The van der Waals surface area contributed by atoms with E-state index in [9.17, 15) is 4.79 Å². The van der Waals surface area contributed by atoms with Gasteiger partial charge in [-0.15, -0.1) is 10.2 Å². The van der Waals surface area contributed by atoms with Gasteiger partial charge in [0, 0.05) is 7.05 Å². The lowest BCUT2D eigenvalue weighted by Gasteiger charge is -2.05. The Morgan fingerprint density at radius 1 is 1.03 bits per heavy atom. The smallest absolute Gasteiger partial charge is 0.274 e. The Morgan fingerprint density at radius 2 is 1.73 bits per heavy atom. The largest absolute Gasteiger partial charge is 0.497 e. The van der Waals surface area contributed by atoms with E-state index >= 15 is 0 Å². The highest BCUT2D eigenvalue weighted by Crippen LogP contribution is 2.29. The van der Waals surface area contributed by atoms with E-state index < -0.39 is 0 Å². The van der Waals surface area contributed by atoms with Crippen LogP contribution in [0.5, 0.6) is 5.75 Å². The maximum atomic E-state index is 12.4. The van der Waals surface area contributed by atoms with Gasteiger partial charge in [-0.1, -0.05) is 29.0 Å². The molecule has 0 unspecified atom stereocenters. The van der Waals surface area contributed by atoms with Gasteiger partial charge in [-0.25, -0.2) is 4.98 Å². The standard InChI is InChI=1S/C21H22N6O2S/c1-13-5-7-15(8-6-13)25-27-20-14(2)23-21(30-20)18(19(28)22-3)26-24-16-9-11-17(29-4)12-10-16/h5-12,24H,1-4H3,(H,22,28)/b26-18+,27-25?. The maximum Gasteiger partial charge on any atom is 0.274 e. The van der Waals surface area contributed by atoms with Crippen molar-refractivity contribution < 1.29 is 9.53 Å². The van der Waals surface area contributed by atoms with Gasteiger partial charge in [0.2, 0.25) is 0 Å². The maximum absolute atomic E-state index is 12.4. The molecule has 0 radical (unpaired) electrons. The van der Waals surface area contributed by atoms with Gasteiger partial charge < -0.3 is 10.1 Å². The van der Waals surface area contributed by atoms with Crippen LogP contribution in [0.15, 0.2) is 63.9 Å². The number of hydrogen-bond acceptors (Lipinski definition) is 8. The number of amides is 1. The molecule has 0 aliphatic heterocycles. The minimum absolute atomic E-state index is 0.165. The normalized spacial score (nSPS) is 11.5. The molecular weight excluding hydrogens is 400 g/mol. The zero-order valence-corrected chi connectivity index (χ0v) is 17.9. The summed E-state index contributed by atoms with van der Waals surface area (Å²) >= 11 is 1.25. The number of likely N-dealkylation sites (N-methyl/N-ethyl adjacent to an activating group) is 1. The molecule has 1 amide bonds. The van der Waals surface area contributed by atoms with E-state index in [0.29, 0.717) is 21.4 Å². The number of benzene rings is 2. The number of aryl methyl sites for hydroxylation is 2. The number of hydrazone groups is 1. The molecule has 1 heterocycles. The van der Waals surface area contributed by atoms with E-state index in [1.165, 1.54) is 11.3 Å². The Kier molecular flexibility index (Phi) is 6.87. The molecule has 30 heavy (non-hydrogen) atoms. The number of hydrogen-bond donors (Lipinski definition) is 2. The van der Waals surface area contributed by atoms with Crippen molar-refractivity contribution in [2.45, 2.75) is 13.8 Å². The first-order chi connectivity index (χ1) is 14.5. The third-order valence-electron chi connectivity index (χ3n) is 4.09. The zero-order valence-electron chi connectivity index (χ0n) is 17.1. The summed E-state index contributed by atoms with van der Waals surface area (Å²) in [6.07, 6.45) is 0. The second-order valence-corrected chi connectivity index (χ2v) is 7.30. The SMILES string of the molecule is CNC(=O)/C(=N\Nc1ccc(OC)cc1)c1nc(C)c(N=Nc2ccc(C)cc2)s1. The molecule has 9 heteroatoms. The average molecular weight is 423 g/mol. The summed E-state index contributed by atoms with van der Waals surface area (Å²) in [5, 5.41) is 16.5. The Balaban J connectivity index is 1.84. The third-order valence-corrected chi connectivity index (χ3v) is 5.14. The van der Waals surface area contributed by atoms with E-state index in [-0.39, 0.29) is 11.6 Å². The highest BCUT2D eigenvalue weighted by molar-refractivity contribution is 7.18. The van der Waals surface area contributed by atoms with E-state index in [1.807, 2.05) is 38.1 Å². The van der Waals surface area contributed by atoms with Gasteiger partial charge in [0.05, 0.1) is 24.2 Å². The molecule has 0 spiro atoms. The summed E-state index contributed by atoms with van der Waals surface area (Å²) in [6, 6.07) is 14.9. The van der Waals surface area contributed by atoms with Crippen molar-refractivity contribution in [3.63, 3.8) is 0 Å². The minimum atomic E-state index is -0.355. The summed E-state index contributed by atoms with van der Waals surface area (Å²) in [5.41, 5.74) is 6.34. The van der Waals surface area contributed by atoms with Crippen molar-refractivity contribution in [3.05, 3.63) is 64.8 Å². The van der Waals surface area contributed by atoms with Crippen LogP contribution in [0.1, 0.15) is 16.3 Å². The number of azo groups is 1. The van der Waals surface area contributed by atoms with E-state index in [4.69, 9.17) is 4.74 Å². The van der Waals surface area contributed by atoms with Gasteiger partial charge in [0.25, 0.3) is 5.91 Å². The van der Waals surface area contributed by atoms with E-state index in [2.05, 4.69) is 31.1 Å². The molecule has 0 bridgehead atoms. The quantitative estimate of drug-likeness (QED) is 0.326. The zero-order chi connectivity index (χ0) is 21.5.